The van der Waals surface area contributed by atoms with E-state index in [9.17, 15) is 17.2 Å². The number of nitrogens with zero attached hydrogens (tertiary/aromatic N) is 1. The van der Waals surface area contributed by atoms with Crippen LogP contribution in [0.3, 0.4) is 0 Å². The van der Waals surface area contributed by atoms with Gasteiger partial charge in [-0.1, -0.05) is 42.5 Å². The van der Waals surface area contributed by atoms with Crippen molar-refractivity contribution >= 4 is 21.3 Å². The van der Waals surface area contributed by atoms with Gasteiger partial charge in [-0.05, 0) is 41.3 Å². The molecule has 0 amide bonds. The monoisotopic (exact) mass is 376 g/mol. The van der Waals surface area contributed by atoms with Gasteiger partial charge in [0, 0.05) is 12.5 Å². The van der Waals surface area contributed by atoms with E-state index in [0.717, 1.165) is 16.7 Å². The molecule has 0 aliphatic carbocycles. The maximum absolute atomic E-state index is 13.1. The molecule has 136 valence electrons. The first-order chi connectivity index (χ1) is 12.3. The van der Waals surface area contributed by atoms with Crippen molar-refractivity contribution in [3.8, 4) is 0 Å². The predicted octanol–water partition coefficient (Wildman–Crippen LogP) is 3.30. The zero-order valence-electron chi connectivity index (χ0n) is 13.8. The fourth-order valence-electron chi connectivity index (χ4n) is 2.99. The van der Waals surface area contributed by atoms with Gasteiger partial charge in [-0.25, -0.2) is 22.3 Å². The first kappa shape index (κ1) is 18.4. The molecule has 2 aromatic carbocycles. The summed E-state index contributed by atoms with van der Waals surface area (Å²) < 4.78 is 48.9. The largest absolute Gasteiger partial charge is 0.283 e. The summed E-state index contributed by atoms with van der Waals surface area (Å²) in [5, 5.41) is 5.11. The number of hydrogen-bond donors (Lipinski definition) is 1. The Bertz CT molecular complexity index is 937. The second-order valence-electron chi connectivity index (χ2n) is 6.12. The van der Waals surface area contributed by atoms with E-state index in [-0.39, 0.29) is 23.1 Å². The molecule has 2 N–H and O–H groups in total. The lowest BCUT2D eigenvalue weighted by molar-refractivity contribution is 0.226. The van der Waals surface area contributed by atoms with Crippen LogP contribution in [0.2, 0.25) is 0 Å². The molecule has 0 aromatic heterocycles. The Morgan fingerprint density at radius 1 is 1.08 bits per heavy atom. The second-order valence-corrected chi connectivity index (χ2v) is 7.68. The summed E-state index contributed by atoms with van der Waals surface area (Å²) in [6.07, 6.45) is -0.581. The summed E-state index contributed by atoms with van der Waals surface area (Å²) in [6.45, 7) is 0.261. The van der Waals surface area contributed by atoms with Crippen molar-refractivity contribution in [3.63, 3.8) is 0 Å². The maximum Gasteiger partial charge on any atom is 0.279 e. The SMILES string of the molecule is NS(=O)(=O)c1ccc(CC2CN=C(C(F)F)C=C2c2ccccc2)cc1. The van der Waals surface area contributed by atoms with E-state index in [1.165, 1.54) is 18.2 Å². The van der Waals surface area contributed by atoms with E-state index >= 15 is 0 Å². The highest BCUT2D eigenvalue weighted by atomic mass is 32.2. The number of hydrogen-bond acceptors (Lipinski definition) is 3. The fourth-order valence-corrected chi connectivity index (χ4v) is 3.51. The Balaban J connectivity index is 1.88. The highest BCUT2D eigenvalue weighted by Crippen LogP contribution is 2.31. The number of allylic oxidation sites excluding steroid dienone is 1. The van der Waals surface area contributed by atoms with E-state index in [0.29, 0.717) is 6.42 Å². The lowest BCUT2D eigenvalue weighted by atomic mass is 9.85. The average molecular weight is 376 g/mol. The molecule has 2 aromatic rings. The Morgan fingerprint density at radius 3 is 2.31 bits per heavy atom. The molecule has 7 heteroatoms. The van der Waals surface area contributed by atoms with Crippen LogP contribution in [0.5, 0.6) is 0 Å². The minimum Gasteiger partial charge on any atom is -0.283 e. The first-order valence-electron chi connectivity index (χ1n) is 8.06. The number of primary sulfonamides is 1. The van der Waals surface area contributed by atoms with Gasteiger partial charge in [-0.15, -0.1) is 0 Å². The minimum absolute atomic E-state index is 0.0433. The molecule has 26 heavy (non-hydrogen) atoms. The van der Waals surface area contributed by atoms with Crippen molar-refractivity contribution < 1.29 is 17.2 Å². The number of sulfonamides is 1. The molecule has 0 bridgehead atoms. The molecule has 0 radical (unpaired) electrons. The van der Waals surface area contributed by atoms with Crippen LogP contribution in [-0.2, 0) is 16.4 Å². The number of halogens is 2. The highest BCUT2D eigenvalue weighted by Gasteiger charge is 2.24. The van der Waals surface area contributed by atoms with Crippen molar-refractivity contribution in [1.29, 1.82) is 0 Å². The number of rotatable bonds is 5. The molecule has 0 saturated heterocycles. The van der Waals surface area contributed by atoms with Crippen LogP contribution in [0.1, 0.15) is 11.1 Å². The van der Waals surface area contributed by atoms with Crippen molar-refractivity contribution in [2.75, 3.05) is 6.54 Å². The summed E-state index contributed by atoms with van der Waals surface area (Å²) >= 11 is 0. The first-order valence-corrected chi connectivity index (χ1v) is 9.60. The molecule has 1 aliphatic rings. The third kappa shape index (κ3) is 4.23. The number of aliphatic imine (C=N–C) groups is 1. The maximum atomic E-state index is 13.1. The van der Waals surface area contributed by atoms with Gasteiger partial charge >= 0.3 is 0 Å². The van der Waals surface area contributed by atoms with Gasteiger partial charge in [0.25, 0.3) is 6.43 Å². The minimum atomic E-state index is -3.74. The second kappa shape index (κ2) is 7.47. The molecule has 0 spiro atoms. The summed E-state index contributed by atoms with van der Waals surface area (Å²) in [5.41, 5.74) is 2.38. The van der Waals surface area contributed by atoms with Crippen LogP contribution in [-0.4, -0.2) is 27.1 Å². The quantitative estimate of drug-likeness (QED) is 0.870. The van der Waals surface area contributed by atoms with Gasteiger partial charge in [-0.2, -0.15) is 0 Å². The molecular formula is C19H18F2N2O2S. The Labute approximate surface area is 151 Å². The molecule has 3 rings (SSSR count). The van der Waals surface area contributed by atoms with Crippen LogP contribution in [0, 0.1) is 5.92 Å². The summed E-state index contributed by atoms with van der Waals surface area (Å²) in [5.74, 6) is -0.0692. The lowest BCUT2D eigenvalue weighted by Crippen LogP contribution is -2.21. The lowest BCUT2D eigenvalue weighted by Gasteiger charge is -2.24. The summed E-state index contributed by atoms with van der Waals surface area (Å²) in [6, 6.07) is 15.7. The molecule has 1 aliphatic heterocycles. The molecule has 0 fully saturated rings. The van der Waals surface area contributed by atoms with Crippen LogP contribution in [0.4, 0.5) is 8.78 Å². The number of alkyl halides is 2. The van der Waals surface area contributed by atoms with Crippen LogP contribution in [0.25, 0.3) is 5.57 Å². The molecule has 4 nitrogen and oxygen atoms in total. The summed E-state index contributed by atoms with van der Waals surface area (Å²) in [7, 11) is -3.74. The molecule has 1 heterocycles. The normalized spacial score (nSPS) is 17.8. The van der Waals surface area contributed by atoms with Gasteiger partial charge in [-0.3, -0.25) is 4.99 Å². The average Bonchev–Trinajstić information content (AvgIpc) is 2.62. The van der Waals surface area contributed by atoms with Gasteiger partial charge in [0.05, 0.1) is 4.90 Å². The summed E-state index contributed by atoms with van der Waals surface area (Å²) in [4.78, 5) is 4.06. The zero-order chi connectivity index (χ0) is 18.7. The van der Waals surface area contributed by atoms with Gasteiger partial charge in [0.2, 0.25) is 10.0 Å². The van der Waals surface area contributed by atoms with Crippen molar-refractivity contribution in [1.82, 2.24) is 0 Å². The molecule has 0 saturated carbocycles. The van der Waals surface area contributed by atoms with Crippen LogP contribution >= 0.6 is 0 Å². The zero-order valence-corrected chi connectivity index (χ0v) is 14.7. The van der Waals surface area contributed by atoms with Crippen LogP contribution < -0.4 is 5.14 Å². The predicted molar refractivity (Wildman–Crippen MR) is 97.7 cm³/mol. The third-order valence-corrected chi connectivity index (χ3v) is 5.23. The fraction of sp³-hybridized carbons (Fsp3) is 0.211. The van der Waals surface area contributed by atoms with E-state index in [2.05, 4.69) is 4.99 Å². The smallest absolute Gasteiger partial charge is 0.279 e. The third-order valence-electron chi connectivity index (χ3n) is 4.30. The van der Waals surface area contributed by atoms with Gasteiger partial charge in [0.1, 0.15) is 5.71 Å². The van der Waals surface area contributed by atoms with Crippen molar-refractivity contribution in [2.45, 2.75) is 17.7 Å². The van der Waals surface area contributed by atoms with Gasteiger partial charge < -0.3 is 0 Å². The topological polar surface area (TPSA) is 72.5 Å². The van der Waals surface area contributed by atoms with Crippen LogP contribution in [0.15, 0.2) is 70.6 Å². The van der Waals surface area contributed by atoms with E-state index in [1.807, 2.05) is 30.3 Å². The van der Waals surface area contributed by atoms with Crippen molar-refractivity contribution in [2.24, 2.45) is 16.0 Å². The highest BCUT2D eigenvalue weighted by molar-refractivity contribution is 7.89. The van der Waals surface area contributed by atoms with Gasteiger partial charge in [0.15, 0.2) is 0 Å². The number of nitrogens with two attached hydrogens (primary N) is 1. The Kier molecular flexibility index (Phi) is 5.29. The number of dihydropyridines is 1. The Morgan fingerprint density at radius 2 is 1.73 bits per heavy atom. The van der Waals surface area contributed by atoms with E-state index < -0.39 is 16.4 Å². The van der Waals surface area contributed by atoms with Crippen molar-refractivity contribution in [3.05, 3.63) is 71.8 Å². The Hall–Kier alpha value is -2.38. The molecular weight excluding hydrogens is 358 g/mol. The standard InChI is InChI=1S/C19H18F2N2O2S/c20-19(21)18-11-17(14-4-2-1-3-5-14)15(12-23-18)10-13-6-8-16(9-7-13)26(22,24)25/h1-9,11,15,19H,10,12H2,(H2,22,24,25). The molecule has 1 unspecified atom stereocenters. The molecule has 1 atom stereocenters. The van der Waals surface area contributed by atoms with E-state index in [1.54, 1.807) is 12.1 Å². The number of benzene rings is 2. The van der Waals surface area contributed by atoms with E-state index in [4.69, 9.17) is 5.14 Å².